The maximum atomic E-state index is 11.3. The average molecular weight is 282 g/mol. The van der Waals surface area contributed by atoms with Gasteiger partial charge in [0.1, 0.15) is 0 Å². The highest BCUT2D eigenvalue weighted by Crippen LogP contribution is 2.11. The summed E-state index contributed by atoms with van der Waals surface area (Å²) in [6.07, 6.45) is 3.76. The Hall–Kier alpha value is -2.88. The van der Waals surface area contributed by atoms with E-state index in [0.29, 0.717) is 5.56 Å². The Bertz CT molecular complexity index is 667. The zero-order valence-corrected chi connectivity index (χ0v) is 11.4. The SMILES string of the molecule is COC(=O)c1ccc(/C=C/c2ccc(C(=O)O)cc2)cc1. The van der Waals surface area contributed by atoms with Crippen LogP contribution in [-0.4, -0.2) is 24.2 Å². The number of benzene rings is 2. The molecular formula is C17H14O4. The Morgan fingerprint density at radius 2 is 1.29 bits per heavy atom. The molecule has 0 unspecified atom stereocenters. The fourth-order valence-corrected chi connectivity index (χ4v) is 1.78. The standard InChI is InChI=1S/C17H14O4/c1-21-17(20)15-10-6-13(7-11-15)3-2-12-4-8-14(9-5-12)16(18)19/h2-11H,1H3,(H,18,19)/b3-2+. The second-order valence-corrected chi connectivity index (χ2v) is 4.37. The van der Waals surface area contributed by atoms with Gasteiger partial charge in [-0.15, -0.1) is 0 Å². The highest BCUT2D eigenvalue weighted by molar-refractivity contribution is 5.90. The predicted octanol–water partition coefficient (Wildman–Crippen LogP) is 3.34. The molecule has 4 heteroatoms. The quantitative estimate of drug-likeness (QED) is 0.690. The van der Waals surface area contributed by atoms with Crippen molar-refractivity contribution in [1.82, 2.24) is 0 Å². The van der Waals surface area contributed by atoms with Gasteiger partial charge >= 0.3 is 11.9 Å². The topological polar surface area (TPSA) is 63.6 Å². The number of methoxy groups -OCH3 is 1. The first-order valence-corrected chi connectivity index (χ1v) is 6.30. The van der Waals surface area contributed by atoms with Crippen molar-refractivity contribution in [2.45, 2.75) is 0 Å². The molecule has 0 bridgehead atoms. The lowest BCUT2D eigenvalue weighted by molar-refractivity contribution is 0.0600. The van der Waals surface area contributed by atoms with Crippen LogP contribution in [0, 0.1) is 0 Å². The van der Waals surface area contributed by atoms with Crippen LogP contribution in [0.15, 0.2) is 48.5 Å². The minimum atomic E-state index is -0.941. The van der Waals surface area contributed by atoms with Gasteiger partial charge in [0.05, 0.1) is 18.2 Å². The molecular weight excluding hydrogens is 268 g/mol. The molecule has 2 aromatic carbocycles. The molecule has 0 amide bonds. The Labute approximate surface area is 122 Å². The molecule has 0 radical (unpaired) electrons. The number of rotatable bonds is 4. The molecule has 0 saturated carbocycles. The molecule has 0 heterocycles. The third kappa shape index (κ3) is 3.79. The monoisotopic (exact) mass is 282 g/mol. The number of ether oxygens (including phenoxy) is 1. The average Bonchev–Trinajstić information content (AvgIpc) is 2.53. The first-order valence-electron chi connectivity index (χ1n) is 6.30. The number of carboxylic acid groups (broad SMARTS) is 1. The van der Waals surface area contributed by atoms with Crippen LogP contribution < -0.4 is 0 Å². The predicted molar refractivity (Wildman–Crippen MR) is 80.1 cm³/mol. The molecule has 0 aliphatic carbocycles. The van der Waals surface area contributed by atoms with Crippen LogP contribution in [0.3, 0.4) is 0 Å². The van der Waals surface area contributed by atoms with Gasteiger partial charge in [0, 0.05) is 0 Å². The lowest BCUT2D eigenvalue weighted by Gasteiger charge is -2.00. The molecule has 0 spiro atoms. The second-order valence-electron chi connectivity index (χ2n) is 4.37. The fraction of sp³-hybridized carbons (Fsp3) is 0.0588. The van der Waals surface area contributed by atoms with Crippen molar-refractivity contribution in [3.8, 4) is 0 Å². The van der Waals surface area contributed by atoms with E-state index < -0.39 is 5.97 Å². The Morgan fingerprint density at radius 3 is 1.67 bits per heavy atom. The molecule has 2 rings (SSSR count). The summed E-state index contributed by atoms with van der Waals surface area (Å²) in [6, 6.07) is 13.6. The molecule has 0 aromatic heterocycles. The zero-order valence-electron chi connectivity index (χ0n) is 11.4. The highest BCUT2D eigenvalue weighted by atomic mass is 16.5. The molecule has 0 aliphatic heterocycles. The normalized spacial score (nSPS) is 10.5. The van der Waals surface area contributed by atoms with Gasteiger partial charge in [-0.25, -0.2) is 9.59 Å². The van der Waals surface area contributed by atoms with Crippen LogP contribution in [0.25, 0.3) is 12.2 Å². The van der Waals surface area contributed by atoms with Gasteiger partial charge in [-0.05, 0) is 35.4 Å². The number of aromatic carboxylic acids is 1. The molecule has 2 aromatic rings. The Balaban J connectivity index is 2.10. The number of hydrogen-bond acceptors (Lipinski definition) is 3. The van der Waals surface area contributed by atoms with E-state index in [1.54, 1.807) is 36.4 Å². The summed E-state index contributed by atoms with van der Waals surface area (Å²) in [5.41, 5.74) is 2.59. The van der Waals surface area contributed by atoms with Crippen molar-refractivity contribution in [1.29, 1.82) is 0 Å². The Kier molecular flexibility index (Phi) is 4.51. The number of carbonyl (C=O) groups is 2. The lowest BCUT2D eigenvalue weighted by atomic mass is 10.1. The summed E-state index contributed by atoms with van der Waals surface area (Å²) >= 11 is 0. The van der Waals surface area contributed by atoms with E-state index in [1.807, 2.05) is 24.3 Å². The summed E-state index contributed by atoms with van der Waals surface area (Å²) in [7, 11) is 1.34. The number of carboxylic acids is 1. The van der Waals surface area contributed by atoms with Crippen LogP contribution >= 0.6 is 0 Å². The van der Waals surface area contributed by atoms with Crippen molar-refractivity contribution in [2.75, 3.05) is 7.11 Å². The molecule has 0 aliphatic rings. The van der Waals surface area contributed by atoms with Gasteiger partial charge < -0.3 is 9.84 Å². The summed E-state index contributed by atoms with van der Waals surface area (Å²) in [4.78, 5) is 22.1. The highest BCUT2D eigenvalue weighted by Gasteiger charge is 2.03. The van der Waals surface area contributed by atoms with Crippen molar-refractivity contribution >= 4 is 24.1 Å². The van der Waals surface area contributed by atoms with Crippen LogP contribution in [0.4, 0.5) is 0 Å². The smallest absolute Gasteiger partial charge is 0.337 e. The van der Waals surface area contributed by atoms with Crippen LogP contribution in [0.2, 0.25) is 0 Å². The molecule has 0 fully saturated rings. The summed E-state index contributed by atoms with van der Waals surface area (Å²) in [6.45, 7) is 0. The third-order valence-electron chi connectivity index (χ3n) is 2.96. The van der Waals surface area contributed by atoms with Crippen LogP contribution in [0.5, 0.6) is 0 Å². The van der Waals surface area contributed by atoms with Crippen LogP contribution in [0.1, 0.15) is 31.8 Å². The van der Waals surface area contributed by atoms with E-state index >= 15 is 0 Å². The van der Waals surface area contributed by atoms with Gasteiger partial charge in [0.25, 0.3) is 0 Å². The van der Waals surface area contributed by atoms with Gasteiger partial charge in [-0.2, -0.15) is 0 Å². The maximum Gasteiger partial charge on any atom is 0.337 e. The molecule has 0 saturated heterocycles. The lowest BCUT2D eigenvalue weighted by Crippen LogP contribution is -2.00. The Morgan fingerprint density at radius 1 is 0.857 bits per heavy atom. The number of esters is 1. The summed E-state index contributed by atoms with van der Waals surface area (Å²) in [5, 5.41) is 8.82. The van der Waals surface area contributed by atoms with Crippen molar-refractivity contribution in [2.24, 2.45) is 0 Å². The van der Waals surface area contributed by atoms with Gasteiger partial charge in [-0.1, -0.05) is 36.4 Å². The minimum absolute atomic E-state index is 0.259. The van der Waals surface area contributed by atoms with Gasteiger partial charge in [-0.3, -0.25) is 0 Å². The summed E-state index contributed by atoms with van der Waals surface area (Å²) in [5.74, 6) is -1.31. The second kappa shape index (κ2) is 6.52. The number of hydrogen-bond donors (Lipinski definition) is 1. The zero-order chi connectivity index (χ0) is 15.2. The van der Waals surface area contributed by atoms with E-state index in [-0.39, 0.29) is 11.5 Å². The van der Waals surface area contributed by atoms with Gasteiger partial charge in [0.15, 0.2) is 0 Å². The first-order chi connectivity index (χ1) is 10.1. The van der Waals surface area contributed by atoms with E-state index in [0.717, 1.165) is 11.1 Å². The minimum Gasteiger partial charge on any atom is -0.478 e. The van der Waals surface area contributed by atoms with Crippen LogP contribution in [-0.2, 0) is 4.74 Å². The molecule has 106 valence electrons. The first kappa shape index (κ1) is 14.5. The number of carbonyl (C=O) groups excluding carboxylic acids is 1. The van der Waals surface area contributed by atoms with Crippen molar-refractivity contribution in [3.05, 3.63) is 70.8 Å². The molecule has 1 N–H and O–H groups in total. The van der Waals surface area contributed by atoms with Crippen molar-refractivity contribution in [3.63, 3.8) is 0 Å². The summed E-state index contributed by atoms with van der Waals surface area (Å²) < 4.78 is 4.63. The fourth-order valence-electron chi connectivity index (χ4n) is 1.78. The molecule has 21 heavy (non-hydrogen) atoms. The third-order valence-corrected chi connectivity index (χ3v) is 2.96. The van der Waals surface area contributed by atoms with E-state index in [2.05, 4.69) is 4.74 Å². The van der Waals surface area contributed by atoms with Crippen molar-refractivity contribution < 1.29 is 19.4 Å². The maximum absolute atomic E-state index is 11.3. The molecule has 0 atom stereocenters. The van der Waals surface area contributed by atoms with E-state index in [9.17, 15) is 9.59 Å². The van der Waals surface area contributed by atoms with E-state index in [1.165, 1.54) is 7.11 Å². The van der Waals surface area contributed by atoms with E-state index in [4.69, 9.17) is 5.11 Å². The molecule has 4 nitrogen and oxygen atoms in total. The van der Waals surface area contributed by atoms with Gasteiger partial charge in [0.2, 0.25) is 0 Å². The largest absolute Gasteiger partial charge is 0.478 e.